The average molecular weight is 230 g/mol. The molecule has 0 saturated heterocycles. The van der Waals surface area contributed by atoms with Gasteiger partial charge in [-0.15, -0.1) is 0 Å². The summed E-state index contributed by atoms with van der Waals surface area (Å²) in [5, 5.41) is 0. The van der Waals surface area contributed by atoms with E-state index in [0.29, 0.717) is 11.6 Å². The standard InChI is InChI=1S/C12H14N4O/c1-8-15-4-3-11(16-8)12(13)9-5-10(17-2)7-14-6-9/h3-7,12H,13H2,1-2H3. The van der Waals surface area contributed by atoms with Gasteiger partial charge in [-0.05, 0) is 24.6 Å². The fraction of sp³-hybridized carbons (Fsp3) is 0.250. The Kier molecular flexibility index (Phi) is 3.30. The maximum absolute atomic E-state index is 6.12. The second-order valence-corrected chi connectivity index (χ2v) is 3.66. The van der Waals surface area contributed by atoms with Gasteiger partial charge in [-0.1, -0.05) is 0 Å². The lowest BCUT2D eigenvalue weighted by Crippen LogP contribution is -2.14. The summed E-state index contributed by atoms with van der Waals surface area (Å²) in [7, 11) is 1.60. The number of methoxy groups -OCH3 is 1. The molecule has 1 unspecified atom stereocenters. The summed E-state index contributed by atoms with van der Waals surface area (Å²) in [4.78, 5) is 12.4. The van der Waals surface area contributed by atoms with E-state index in [0.717, 1.165) is 11.3 Å². The second-order valence-electron chi connectivity index (χ2n) is 3.66. The number of nitrogens with two attached hydrogens (primary N) is 1. The predicted octanol–water partition coefficient (Wildman–Crippen LogP) is 1.24. The number of nitrogens with zero attached hydrogens (tertiary/aromatic N) is 3. The molecule has 2 rings (SSSR count). The molecule has 0 aliphatic rings. The summed E-state index contributed by atoms with van der Waals surface area (Å²) in [6, 6.07) is 3.34. The molecule has 0 aliphatic heterocycles. The molecule has 2 heterocycles. The Bertz CT molecular complexity index is 515. The summed E-state index contributed by atoms with van der Waals surface area (Å²) in [6.45, 7) is 1.83. The van der Waals surface area contributed by atoms with E-state index < -0.39 is 0 Å². The molecule has 0 radical (unpaired) electrons. The summed E-state index contributed by atoms with van der Waals surface area (Å²) in [6.07, 6.45) is 5.05. The van der Waals surface area contributed by atoms with Crippen LogP contribution in [0.25, 0.3) is 0 Å². The van der Waals surface area contributed by atoms with Gasteiger partial charge in [0.05, 0.1) is 25.0 Å². The zero-order chi connectivity index (χ0) is 12.3. The van der Waals surface area contributed by atoms with Crippen molar-refractivity contribution in [2.75, 3.05) is 7.11 Å². The highest BCUT2D eigenvalue weighted by molar-refractivity contribution is 5.30. The second kappa shape index (κ2) is 4.88. The van der Waals surface area contributed by atoms with Gasteiger partial charge in [-0.25, -0.2) is 9.97 Å². The van der Waals surface area contributed by atoms with Crippen molar-refractivity contribution in [3.63, 3.8) is 0 Å². The Morgan fingerprint density at radius 1 is 1.35 bits per heavy atom. The maximum atomic E-state index is 6.12. The van der Waals surface area contributed by atoms with Gasteiger partial charge in [0.2, 0.25) is 0 Å². The van der Waals surface area contributed by atoms with Crippen molar-refractivity contribution in [1.82, 2.24) is 15.0 Å². The topological polar surface area (TPSA) is 73.9 Å². The van der Waals surface area contributed by atoms with E-state index in [-0.39, 0.29) is 6.04 Å². The SMILES string of the molecule is COc1cncc(C(N)c2ccnc(C)n2)c1. The lowest BCUT2D eigenvalue weighted by molar-refractivity contribution is 0.412. The molecule has 17 heavy (non-hydrogen) atoms. The quantitative estimate of drug-likeness (QED) is 0.858. The third-order valence-corrected chi connectivity index (χ3v) is 2.45. The lowest BCUT2D eigenvalue weighted by atomic mass is 10.1. The van der Waals surface area contributed by atoms with Gasteiger partial charge in [0.15, 0.2) is 0 Å². The third kappa shape index (κ3) is 2.57. The Hall–Kier alpha value is -2.01. The Balaban J connectivity index is 2.33. The van der Waals surface area contributed by atoms with E-state index in [1.807, 2.05) is 13.0 Å². The van der Waals surface area contributed by atoms with Crippen LogP contribution in [0.2, 0.25) is 0 Å². The van der Waals surface area contributed by atoms with E-state index in [4.69, 9.17) is 10.5 Å². The van der Waals surface area contributed by atoms with Crippen molar-refractivity contribution in [1.29, 1.82) is 0 Å². The first-order valence-electron chi connectivity index (χ1n) is 5.25. The van der Waals surface area contributed by atoms with Crippen LogP contribution in [0, 0.1) is 6.92 Å². The molecule has 0 saturated carbocycles. The molecule has 0 bridgehead atoms. The number of ether oxygens (including phenoxy) is 1. The number of hydrogen-bond acceptors (Lipinski definition) is 5. The van der Waals surface area contributed by atoms with Gasteiger partial charge in [-0.3, -0.25) is 4.98 Å². The van der Waals surface area contributed by atoms with E-state index in [1.54, 1.807) is 31.8 Å². The molecule has 88 valence electrons. The first-order valence-corrected chi connectivity index (χ1v) is 5.25. The van der Waals surface area contributed by atoms with Crippen molar-refractivity contribution >= 4 is 0 Å². The van der Waals surface area contributed by atoms with Gasteiger partial charge in [0.25, 0.3) is 0 Å². The first kappa shape index (κ1) is 11.5. The molecule has 0 fully saturated rings. The minimum atomic E-state index is -0.320. The zero-order valence-corrected chi connectivity index (χ0v) is 9.79. The monoisotopic (exact) mass is 230 g/mol. The first-order chi connectivity index (χ1) is 8.20. The normalized spacial score (nSPS) is 12.2. The number of aromatic nitrogens is 3. The number of aryl methyl sites for hydroxylation is 1. The van der Waals surface area contributed by atoms with Crippen LogP contribution in [-0.2, 0) is 0 Å². The molecule has 1 atom stereocenters. The van der Waals surface area contributed by atoms with Crippen molar-refractivity contribution in [2.45, 2.75) is 13.0 Å². The predicted molar refractivity (Wildman–Crippen MR) is 63.6 cm³/mol. The van der Waals surface area contributed by atoms with Crippen LogP contribution in [0.15, 0.2) is 30.7 Å². The van der Waals surface area contributed by atoms with E-state index >= 15 is 0 Å². The van der Waals surface area contributed by atoms with Gasteiger partial charge in [0, 0.05) is 12.4 Å². The van der Waals surface area contributed by atoms with Crippen LogP contribution >= 0.6 is 0 Å². The van der Waals surface area contributed by atoms with E-state index in [1.165, 1.54) is 0 Å². The van der Waals surface area contributed by atoms with E-state index in [2.05, 4.69) is 15.0 Å². The van der Waals surface area contributed by atoms with Gasteiger partial charge in [-0.2, -0.15) is 0 Å². The number of pyridine rings is 1. The molecule has 0 amide bonds. The minimum absolute atomic E-state index is 0.320. The lowest BCUT2D eigenvalue weighted by Gasteiger charge is -2.12. The molecule has 5 heteroatoms. The minimum Gasteiger partial charge on any atom is -0.495 e. The summed E-state index contributed by atoms with van der Waals surface area (Å²) in [5.74, 6) is 1.39. The number of rotatable bonds is 3. The fourth-order valence-electron chi connectivity index (χ4n) is 1.54. The largest absolute Gasteiger partial charge is 0.495 e. The van der Waals surface area contributed by atoms with Crippen molar-refractivity contribution in [3.8, 4) is 5.75 Å². The van der Waals surface area contributed by atoms with Crippen LogP contribution in [0.4, 0.5) is 0 Å². The van der Waals surface area contributed by atoms with Crippen molar-refractivity contribution in [3.05, 3.63) is 47.8 Å². The molecule has 2 aromatic heterocycles. The Morgan fingerprint density at radius 3 is 2.88 bits per heavy atom. The highest BCUT2D eigenvalue weighted by Gasteiger charge is 2.11. The third-order valence-electron chi connectivity index (χ3n) is 2.45. The molecular weight excluding hydrogens is 216 g/mol. The molecule has 0 aromatic carbocycles. The highest BCUT2D eigenvalue weighted by atomic mass is 16.5. The highest BCUT2D eigenvalue weighted by Crippen LogP contribution is 2.20. The Labute approximate surface area is 99.7 Å². The number of hydrogen-bond donors (Lipinski definition) is 1. The van der Waals surface area contributed by atoms with Crippen LogP contribution in [0.1, 0.15) is 23.1 Å². The molecule has 0 spiro atoms. The Morgan fingerprint density at radius 2 is 2.18 bits per heavy atom. The summed E-state index contributed by atoms with van der Waals surface area (Å²) < 4.78 is 5.11. The molecule has 0 aliphatic carbocycles. The zero-order valence-electron chi connectivity index (χ0n) is 9.79. The van der Waals surface area contributed by atoms with Gasteiger partial charge in [0.1, 0.15) is 11.6 Å². The fourth-order valence-corrected chi connectivity index (χ4v) is 1.54. The summed E-state index contributed by atoms with van der Waals surface area (Å²) in [5.41, 5.74) is 7.76. The van der Waals surface area contributed by atoms with Crippen molar-refractivity contribution in [2.24, 2.45) is 5.73 Å². The molecular formula is C12H14N4O. The molecule has 2 N–H and O–H groups in total. The van der Waals surface area contributed by atoms with Gasteiger partial charge < -0.3 is 10.5 Å². The molecule has 5 nitrogen and oxygen atoms in total. The van der Waals surface area contributed by atoms with Crippen LogP contribution in [0.5, 0.6) is 5.75 Å². The van der Waals surface area contributed by atoms with Crippen LogP contribution < -0.4 is 10.5 Å². The van der Waals surface area contributed by atoms with Crippen LogP contribution in [-0.4, -0.2) is 22.1 Å². The van der Waals surface area contributed by atoms with Crippen LogP contribution in [0.3, 0.4) is 0 Å². The smallest absolute Gasteiger partial charge is 0.137 e. The van der Waals surface area contributed by atoms with Gasteiger partial charge >= 0.3 is 0 Å². The average Bonchev–Trinajstić information content (AvgIpc) is 2.38. The van der Waals surface area contributed by atoms with Crippen molar-refractivity contribution < 1.29 is 4.74 Å². The molecule has 2 aromatic rings. The maximum Gasteiger partial charge on any atom is 0.137 e. The summed E-state index contributed by atoms with van der Waals surface area (Å²) >= 11 is 0. The van der Waals surface area contributed by atoms with E-state index in [9.17, 15) is 0 Å².